The first-order chi connectivity index (χ1) is 12.9. The fourth-order valence-corrected chi connectivity index (χ4v) is 2.63. The van der Waals surface area contributed by atoms with Gasteiger partial charge in [0.05, 0.1) is 6.20 Å². The van der Waals surface area contributed by atoms with E-state index in [4.69, 9.17) is 8.83 Å². The summed E-state index contributed by atoms with van der Waals surface area (Å²) < 4.78 is 12.6. The maximum absolute atomic E-state index is 5.64. The smallest absolute Gasteiger partial charge is 0.430 e. The SMILES string of the molecule is c1cc2oc3nc(-[n+]4cc5oc6nccnc6c5nn4)nnc3c2nn1. The third-order valence-electron chi connectivity index (χ3n) is 3.77. The van der Waals surface area contributed by atoms with Crippen LogP contribution in [-0.4, -0.2) is 45.7 Å². The molecule has 0 N–H and O–H groups in total. The Morgan fingerprint density at radius 3 is 2.62 bits per heavy atom. The second-order valence-corrected chi connectivity index (χ2v) is 5.30. The van der Waals surface area contributed by atoms with Gasteiger partial charge in [-0.15, -0.1) is 5.10 Å². The van der Waals surface area contributed by atoms with Crippen LogP contribution in [0.2, 0.25) is 0 Å². The summed E-state index contributed by atoms with van der Waals surface area (Å²) in [4.78, 5) is 12.6. The van der Waals surface area contributed by atoms with Crippen LogP contribution >= 0.6 is 0 Å². The van der Waals surface area contributed by atoms with Gasteiger partial charge in [0.1, 0.15) is 6.20 Å². The first kappa shape index (κ1) is 13.1. The normalized spacial score (nSPS) is 11.8. The predicted molar refractivity (Wildman–Crippen MR) is 82.7 cm³/mol. The minimum absolute atomic E-state index is 0.167. The van der Waals surface area contributed by atoms with Crippen LogP contribution in [-0.2, 0) is 0 Å². The van der Waals surface area contributed by atoms with Gasteiger partial charge in [0.2, 0.25) is 22.3 Å². The average molecular weight is 345 g/mol. The molecule has 26 heavy (non-hydrogen) atoms. The first-order valence-corrected chi connectivity index (χ1v) is 7.41. The summed E-state index contributed by atoms with van der Waals surface area (Å²) in [5.74, 6) is 0.167. The Hall–Kier alpha value is -4.22. The zero-order valence-electron chi connectivity index (χ0n) is 12.7. The monoisotopic (exact) mass is 345 g/mol. The van der Waals surface area contributed by atoms with E-state index in [9.17, 15) is 0 Å². The fraction of sp³-hybridized carbons (Fsp3) is 0. The van der Waals surface area contributed by atoms with E-state index in [1.54, 1.807) is 18.5 Å². The van der Waals surface area contributed by atoms with Crippen LogP contribution in [0.4, 0.5) is 0 Å². The zero-order chi connectivity index (χ0) is 17.1. The summed E-state index contributed by atoms with van der Waals surface area (Å²) in [6.07, 6.45) is 6.21. The predicted octanol–water partition coefficient (Wildman–Crippen LogP) is 0.317. The standard InChI is InChI=1S/C14H5N10O2/c1-2-17-19-8-6(1)25-13-11(8)20-22-14(18-13)24-5-7-9(21-23-24)10-12(26-7)16-4-3-15-10/h1-5H/q+1. The van der Waals surface area contributed by atoms with E-state index in [1.165, 1.54) is 17.1 Å². The number of hydrogen-bond donors (Lipinski definition) is 0. The number of hydrogen-bond acceptors (Lipinski definition) is 11. The van der Waals surface area contributed by atoms with Gasteiger partial charge in [-0.25, -0.2) is 9.97 Å². The van der Waals surface area contributed by atoms with Crippen molar-refractivity contribution in [1.82, 2.24) is 45.7 Å². The molecule has 0 atom stereocenters. The van der Waals surface area contributed by atoms with Gasteiger partial charge in [-0.1, -0.05) is 14.8 Å². The van der Waals surface area contributed by atoms with Crippen molar-refractivity contribution < 1.29 is 13.5 Å². The Bertz CT molecular complexity index is 1340. The molecule has 0 aliphatic rings. The highest BCUT2D eigenvalue weighted by Gasteiger charge is 2.22. The Morgan fingerprint density at radius 1 is 0.731 bits per heavy atom. The minimum Gasteiger partial charge on any atom is -0.430 e. The van der Waals surface area contributed by atoms with Crippen LogP contribution in [0.15, 0.2) is 39.7 Å². The molecule has 0 fully saturated rings. The van der Waals surface area contributed by atoms with Crippen molar-refractivity contribution in [1.29, 1.82) is 0 Å². The average Bonchev–Trinajstić information content (AvgIpc) is 3.24. The van der Waals surface area contributed by atoms with Crippen LogP contribution in [0.3, 0.4) is 0 Å². The van der Waals surface area contributed by atoms with Gasteiger partial charge >= 0.3 is 11.7 Å². The Morgan fingerprint density at radius 2 is 1.62 bits per heavy atom. The molecule has 6 aromatic rings. The summed E-state index contributed by atoms with van der Waals surface area (Å²) in [7, 11) is 0. The molecule has 0 amide bonds. The largest absolute Gasteiger partial charge is 0.433 e. The molecule has 0 aliphatic heterocycles. The van der Waals surface area contributed by atoms with Crippen LogP contribution in [0.25, 0.3) is 50.6 Å². The second kappa shape index (κ2) is 4.66. The maximum Gasteiger partial charge on any atom is 0.433 e. The van der Waals surface area contributed by atoms with Gasteiger partial charge in [-0.2, -0.15) is 5.10 Å². The summed E-state index contributed by atoms with van der Waals surface area (Å²) in [6, 6.07) is 1.68. The van der Waals surface area contributed by atoms with E-state index >= 15 is 0 Å². The molecular weight excluding hydrogens is 340 g/mol. The molecule has 0 saturated heterocycles. The second-order valence-electron chi connectivity index (χ2n) is 5.30. The summed E-state index contributed by atoms with van der Waals surface area (Å²) in [6.45, 7) is 0. The van der Waals surface area contributed by atoms with Crippen molar-refractivity contribution in [2.24, 2.45) is 0 Å². The molecule has 0 aromatic carbocycles. The number of rotatable bonds is 1. The Kier molecular flexibility index (Phi) is 2.35. The molecule has 0 bridgehead atoms. The minimum atomic E-state index is 0.167. The molecular formula is C14H5N10O2+. The topological polar surface area (TPSA) is 146 Å². The van der Waals surface area contributed by atoms with Gasteiger partial charge in [0.25, 0.3) is 0 Å². The van der Waals surface area contributed by atoms with Crippen LogP contribution < -0.4 is 4.68 Å². The van der Waals surface area contributed by atoms with Crippen molar-refractivity contribution in [3.63, 3.8) is 0 Å². The number of furan rings is 2. The zero-order valence-corrected chi connectivity index (χ0v) is 12.7. The van der Waals surface area contributed by atoms with Crippen molar-refractivity contribution in [2.45, 2.75) is 0 Å². The molecule has 6 rings (SSSR count). The van der Waals surface area contributed by atoms with Crippen LogP contribution in [0.5, 0.6) is 0 Å². The van der Waals surface area contributed by atoms with Gasteiger partial charge in [-0.3, -0.25) is 0 Å². The van der Waals surface area contributed by atoms with Crippen LogP contribution in [0, 0.1) is 0 Å². The van der Waals surface area contributed by atoms with E-state index < -0.39 is 0 Å². The van der Waals surface area contributed by atoms with E-state index in [1.807, 2.05) is 0 Å². The molecule has 0 unspecified atom stereocenters. The van der Waals surface area contributed by atoms with Crippen molar-refractivity contribution >= 4 is 44.7 Å². The number of nitrogens with zero attached hydrogens (tertiary/aromatic N) is 10. The van der Waals surface area contributed by atoms with Crippen molar-refractivity contribution in [2.75, 3.05) is 0 Å². The van der Waals surface area contributed by atoms with E-state index in [2.05, 4.69) is 45.7 Å². The van der Waals surface area contributed by atoms with Gasteiger partial charge in [0, 0.05) is 28.8 Å². The number of aromatic nitrogens is 10. The lowest BCUT2D eigenvalue weighted by atomic mass is 10.4. The van der Waals surface area contributed by atoms with Gasteiger partial charge < -0.3 is 8.83 Å². The fourth-order valence-electron chi connectivity index (χ4n) is 2.63. The quantitative estimate of drug-likeness (QED) is 0.379. The summed E-state index contributed by atoms with van der Waals surface area (Å²) in [5.41, 5.74) is 3.56. The van der Waals surface area contributed by atoms with E-state index in [0.29, 0.717) is 38.9 Å². The highest BCUT2D eigenvalue weighted by atomic mass is 16.3. The van der Waals surface area contributed by atoms with E-state index in [-0.39, 0.29) is 11.7 Å². The molecule has 6 heterocycles. The highest BCUT2D eigenvalue weighted by molar-refractivity contribution is 5.97. The Labute approximate surface area is 141 Å². The number of fused-ring (bicyclic) bond motifs is 6. The molecule has 6 aromatic heterocycles. The lowest BCUT2D eigenvalue weighted by molar-refractivity contribution is -0.671. The first-order valence-electron chi connectivity index (χ1n) is 7.41. The Balaban J connectivity index is 1.57. The van der Waals surface area contributed by atoms with Gasteiger partial charge in [0.15, 0.2) is 16.6 Å². The van der Waals surface area contributed by atoms with Crippen molar-refractivity contribution in [3.05, 3.63) is 30.9 Å². The lowest BCUT2D eigenvalue weighted by Crippen LogP contribution is -2.38. The highest BCUT2D eigenvalue weighted by Crippen LogP contribution is 2.23. The van der Waals surface area contributed by atoms with Crippen LogP contribution in [0.1, 0.15) is 0 Å². The summed E-state index contributed by atoms with van der Waals surface area (Å²) >= 11 is 0. The van der Waals surface area contributed by atoms with E-state index in [0.717, 1.165) is 0 Å². The molecule has 122 valence electrons. The summed E-state index contributed by atoms with van der Waals surface area (Å²) in [5, 5.41) is 24.2. The molecule has 12 nitrogen and oxygen atoms in total. The maximum atomic E-state index is 5.64. The third kappa shape index (κ3) is 1.71. The molecule has 12 heteroatoms. The van der Waals surface area contributed by atoms with Gasteiger partial charge in [-0.05, 0) is 5.10 Å². The molecule has 0 radical (unpaired) electrons. The van der Waals surface area contributed by atoms with Crippen molar-refractivity contribution in [3.8, 4) is 5.95 Å². The molecule has 0 aliphatic carbocycles. The third-order valence-corrected chi connectivity index (χ3v) is 3.77. The molecule has 0 saturated carbocycles. The lowest BCUT2D eigenvalue weighted by Gasteiger charge is -1.91. The molecule has 0 spiro atoms.